The van der Waals surface area contributed by atoms with Gasteiger partial charge >= 0.3 is 0 Å². The average Bonchev–Trinajstić information content (AvgIpc) is 3.16. The van der Waals surface area contributed by atoms with E-state index in [1.54, 1.807) is 19.4 Å². The van der Waals surface area contributed by atoms with E-state index in [0.717, 1.165) is 32.4 Å². The van der Waals surface area contributed by atoms with Crippen molar-refractivity contribution in [3.8, 4) is 0 Å². The molecule has 1 atom stereocenters. The molecule has 0 aliphatic carbocycles. The number of rotatable bonds is 4. The van der Waals surface area contributed by atoms with Crippen LogP contribution >= 0.6 is 0 Å². The smallest absolute Gasteiger partial charge is 0.270 e. The summed E-state index contributed by atoms with van der Waals surface area (Å²) in [5.74, 6) is 0.181. The number of carbonyl (C=O) groups excluding carboxylic acids is 2. The van der Waals surface area contributed by atoms with Crippen LogP contribution in [0.1, 0.15) is 29.8 Å². The Bertz CT molecular complexity index is 543. The summed E-state index contributed by atoms with van der Waals surface area (Å²) in [6, 6.07) is 3.60. The minimum Gasteiger partial charge on any atom is -0.383 e. The maximum atomic E-state index is 12.8. The van der Waals surface area contributed by atoms with Crippen molar-refractivity contribution in [3.63, 3.8) is 0 Å². The number of hydrogen-bond donors (Lipinski definition) is 1. The topological polar surface area (TPSA) is 65.6 Å². The van der Waals surface area contributed by atoms with Gasteiger partial charge in [-0.15, -0.1) is 0 Å². The van der Waals surface area contributed by atoms with Gasteiger partial charge < -0.3 is 19.5 Å². The third kappa shape index (κ3) is 2.63. The number of H-pyrrole nitrogens is 1. The van der Waals surface area contributed by atoms with Crippen LogP contribution in [0.3, 0.4) is 0 Å². The standard InChI is InChI=1S/C16H23N3O3/c1-22-11-10-18-9-6-16(15(18)21)5-3-8-19(12-16)14(20)13-4-2-7-17-13/h2,4,7,17H,3,5-6,8-12H2,1H3. The van der Waals surface area contributed by atoms with E-state index >= 15 is 0 Å². The summed E-state index contributed by atoms with van der Waals surface area (Å²) in [7, 11) is 1.65. The summed E-state index contributed by atoms with van der Waals surface area (Å²) < 4.78 is 5.07. The third-order valence-electron chi connectivity index (χ3n) is 4.86. The van der Waals surface area contributed by atoms with Crippen LogP contribution in [-0.4, -0.2) is 66.5 Å². The van der Waals surface area contributed by atoms with Gasteiger partial charge in [0.05, 0.1) is 12.0 Å². The quantitative estimate of drug-likeness (QED) is 0.906. The van der Waals surface area contributed by atoms with E-state index in [4.69, 9.17) is 4.74 Å². The summed E-state index contributed by atoms with van der Waals surface area (Å²) in [5.41, 5.74) is 0.215. The molecule has 1 N–H and O–H groups in total. The van der Waals surface area contributed by atoms with Gasteiger partial charge in [-0.1, -0.05) is 0 Å². The van der Waals surface area contributed by atoms with E-state index in [1.165, 1.54) is 0 Å². The number of amides is 2. The number of likely N-dealkylation sites (tertiary alicyclic amines) is 2. The van der Waals surface area contributed by atoms with Crippen LogP contribution < -0.4 is 0 Å². The molecule has 2 saturated heterocycles. The maximum Gasteiger partial charge on any atom is 0.270 e. The first-order valence-corrected chi connectivity index (χ1v) is 7.87. The molecule has 3 rings (SSSR count). The number of nitrogens with zero attached hydrogens (tertiary/aromatic N) is 2. The van der Waals surface area contributed by atoms with Crippen LogP contribution in [-0.2, 0) is 9.53 Å². The Hall–Kier alpha value is -1.82. The molecule has 0 aromatic carbocycles. The van der Waals surface area contributed by atoms with Crippen LogP contribution in [0.2, 0.25) is 0 Å². The lowest BCUT2D eigenvalue weighted by Gasteiger charge is -2.38. The molecule has 0 bridgehead atoms. The lowest BCUT2D eigenvalue weighted by Crippen LogP contribution is -2.50. The Morgan fingerprint density at radius 2 is 2.27 bits per heavy atom. The van der Waals surface area contributed by atoms with Crippen molar-refractivity contribution in [2.24, 2.45) is 5.41 Å². The summed E-state index contributed by atoms with van der Waals surface area (Å²) >= 11 is 0. The number of methoxy groups -OCH3 is 1. The Morgan fingerprint density at radius 3 is 3.00 bits per heavy atom. The van der Waals surface area contributed by atoms with E-state index in [-0.39, 0.29) is 17.2 Å². The van der Waals surface area contributed by atoms with Crippen LogP contribution in [0.4, 0.5) is 0 Å². The van der Waals surface area contributed by atoms with E-state index in [2.05, 4.69) is 4.98 Å². The Balaban J connectivity index is 1.70. The molecule has 120 valence electrons. The Labute approximate surface area is 130 Å². The summed E-state index contributed by atoms with van der Waals surface area (Å²) in [6.07, 6.45) is 4.35. The summed E-state index contributed by atoms with van der Waals surface area (Å²) in [5, 5.41) is 0. The predicted molar refractivity (Wildman–Crippen MR) is 81.4 cm³/mol. The minimum absolute atomic E-state index is 0.00721. The normalized spacial score (nSPS) is 25.2. The van der Waals surface area contributed by atoms with Crippen molar-refractivity contribution < 1.29 is 14.3 Å². The minimum atomic E-state index is -0.381. The van der Waals surface area contributed by atoms with Crippen molar-refractivity contribution in [1.82, 2.24) is 14.8 Å². The number of aromatic amines is 1. The van der Waals surface area contributed by atoms with Crippen LogP contribution in [0, 0.1) is 5.41 Å². The van der Waals surface area contributed by atoms with Crippen molar-refractivity contribution >= 4 is 11.8 Å². The van der Waals surface area contributed by atoms with Crippen LogP contribution in [0.25, 0.3) is 0 Å². The highest BCUT2D eigenvalue weighted by Gasteiger charge is 2.49. The van der Waals surface area contributed by atoms with Gasteiger partial charge in [-0.3, -0.25) is 9.59 Å². The number of piperidine rings is 1. The first-order chi connectivity index (χ1) is 10.7. The molecule has 2 amide bonds. The first-order valence-electron chi connectivity index (χ1n) is 7.87. The molecule has 2 fully saturated rings. The fourth-order valence-corrected chi connectivity index (χ4v) is 3.63. The third-order valence-corrected chi connectivity index (χ3v) is 4.86. The summed E-state index contributed by atoms with van der Waals surface area (Å²) in [4.78, 5) is 31.9. The van der Waals surface area contributed by atoms with Crippen molar-refractivity contribution in [3.05, 3.63) is 24.0 Å². The van der Waals surface area contributed by atoms with Gasteiger partial charge in [0.25, 0.3) is 5.91 Å². The van der Waals surface area contributed by atoms with Gasteiger partial charge in [0.15, 0.2) is 0 Å². The van der Waals surface area contributed by atoms with E-state index in [1.807, 2.05) is 15.9 Å². The van der Waals surface area contributed by atoms with Crippen LogP contribution in [0.5, 0.6) is 0 Å². The average molecular weight is 305 g/mol. The molecule has 2 aliphatic rings. The van der Waals surface area contributed by atoms with Crippen LogP contribution in [0.15, 0.2) is 18.3 Å². The van der Waals surface area contributed by atoms with E-state index < -0.39 is 0 Å². The molecule has 1 unspecified atom stereocenters. The zero-order chi connectivity index (χ0) is 15.6. The molecule has 1 aromatic rings. The summed E-state index contributed by atoms with van der Waals surface area (Å²) in [6.45, 7) is 3.24. The molecule has 0 radical (unpaired) electrons. The Kier molecular flexibility index (Phi) is 4.20. The number of carbonyl (C=O) groups is 2. The molecule has 2 aliphatic heterocycles. The fraction of sp³-hybridized carbons (Fsp3) is 0.625. The van der Waals surface area contributed by atoms with Gasteiger partial charge in [-0.05, 0) is 31.4 Å². The molecular weight excluding hydrogens is 282 g/mol. The highest BCUT2D eigenvalue weighted by Crippen LogP contribution is 2.40. The highest BCUT2D eigenvalue weighted by molar-refractivity contribution is 5.93. The number of ether oxygens (including phenoxy) is 1. The zero-order valence-corrected chi connectivity index (χ0v) is 13.0. The molecule has 1 spiro atoms. The zero-order valence-electron chi connectivity index (χ0n) is 13.0. The second-order valence-electron chi connectivity index (χ2n) is 6.23. The molecule has 1 aromatic heterocycles. The SMILES string of the molecule is COCCN1CCC2(CCCN(C(=O)c3ccc[nH]3)C2)C1=O. The van der Waals surface area contributed by atoms with Crippen molar-refractivity contribution in [2.75, 3.05) is 39.9 Å². The second kappa shape index (κ2) is 6.12. The van der Waals surface area contributed by atoms with Crippen molar-refractivity contribution in [1.29, 1.82) is 0 Å². The lowest BCUT2D eigenvalue weighted by molar-refractivity contribution is -0.138. The maximum absolute atomic E-state index is 12.8. The molecule has 3 heterocycles. The molecular formula is C16H23N3O3. The van der Waals surface area contributed by atoms with Gasteiger partial charge in [0.2, 0.25) is 5.91 Å². The van der Waals surface area contributed by atoms with E-state index in [9.17, 15) is 9.59 Å². The number of hydrogen-bond acceptors (Lipinski definition) is 3. The molecule has 6 nitrogen and oxygen atoms in total. The van der Waals surface area contributed by atoms with Gasteiger partial charge in [-0.25, -0.2) is 0 Å². The van der Waals surface area contributed by atoms with Crippen molar-refractivity contribution in [2.45, 2.75) is 19.3 Å². The fourth-order valence-electron chi connectivity index (χ4n) is 3.63. The monoisotopic (exact) mass is 305 g/mol. The predicted octanol–water partition coefficient (Wildman–Crippen LogP) is 1.12. The highest BCUT2D eigenvalue weighted by atomic mass is 16.5. The number of aromatic nitrogens is 1. The lowest BCUT2D eigenvalue weighted by atomic mass is 9.78. The van der Waals surface area contributed by atoms with Gasteiger partial charge in [-0.2, -0.15) is 0 Å². The molecule has 0 saturated carbocycles. The molecule has 22 heavy (non-hydrogen) atoms. The Morgan fingerprint density at radius 1 is 1.41 bits per heavy atom. The van der Waals surface area contributed by atoms with E-state index in [0.29, 0.717) is 25.4 Å². The molecule has 6 heteroatoms. The van der Waals surface area contributed by atoms with Gasteiger partial charge in [0, 0.05) is 39.5 Å². The largest absolute Gasteiger partial charge is 0.383 e. The van der Waals surface area contributed by atoms with Gasteiger partial charge in [0.1, 0.15) is 5.69 Å². The number of nitrogens with one attached hydrogen (secondary N) is 1. The second-order valence-corrected chi connectivity index (χ2v) is 6.23. The first kappa shape index (κ1) is 15.1.